The smallest absolute Gasteiger partial charge is 0.143 e. The van der Waals surface area contributed by atoms with E-state index in [1.54, 1.807) is 18.2 Å². The Kier molecular flexibility index (Phi) is 3.66. The number of aliphatic hydroxyl groups is 1. The zero-order valence-corrected chi connectivity index (χ0v) is 11.0. The van der Waals surface area contributed by atoms with Gasteiger partial charge in [0.05, 0.1) is 18.8 Å². The minimum atomic E-state index is -0.195. The molecule has 4 nitrogen and oxygen atoms in total. The molecular weight excluding hydrogens is 230 g/mol. The number of phenols is 1. The summed E-state index contributed by atoms with van der Waals surface area (Å²) in [7, 11) is 0. The molecule has 1 aliphatic heterocycles. The summed E-state index contributed by atoms with van der Waals surface area (Å²) in [4.78, 5) is 2.09. The Labute approximate surface area is 108 Å². The summed E-state index contributed by atoms with van der Waals surface area (Å²) in [6, 6.07) is 5.13. The van der Waals surface area contributed by atoms with Crippen LogP contribution in [0.5, 0.6) is 11.5 Å². The van der Waals surface area contributed by atoms with E-state index < -0.39 is 0 Å². The second kappa shape index (κ2) is 5.06. The molecular formula is C14H21NO3. The summed E-state index contributed by atoms with van der Waals surface area (Å²) in [6.07, 6.45) is 1.84. The summed E-state index contributed by atoms with van der Waals surface area (Å²) >= 11 is 0. The number of benzene rings is 1. The van der Waals surface area contributed by atoms with Crippen molar-refractivity contribution in [3.63, 3.8) is 0 Å². The van der Waals surface area contributed by atoms with E-state index in [2.05, 4.69) is 18.7 Å². The molecule has 0 atom stereocenters. The minimum absolute atomic E-state index is 0.0958. The summed E-state index contributed by atoms with van der Waals surface area (Å²) in [5.41, 5.74) is 0.667. The fraction of sp³-hybridized carbons (Fsp3) is 0.571. The number of nitrogens with zero attached hydrogens (tertiary/aromatic N) is 1. The van der Waals surface area contributed by atoms with Crippen LogP contribution in [-0.4, -0.2) is 35.5 Å². The molecule has 0 saturated carbocycles. The van der Waals surface area contributed by atoms with E-state index in [-0.39, 0.29) is 18.0 Å². The van der Waals surface area contributed by atoms with Crippen LogP contribution in [0.2, 0.25) is 0 Å². The molecule has 0 spiro atoms. The lowest BCUT2D eigenvalue weighted by atomic mass is 9.94. The summed E-state index contributed by atoms with van der Waals surface area (Å²) in [5, 5.41) is 18.8. The molecule has 1 aliphatic rings. The zero-order chi connectivity index (χ0) is 13.2. The third-order valence-electron chi connectivity index (χ3n) is 3.75. The molecule has 0 amide bonds. The van der Waals surface area contributed by atoms with Gasteiger partial charge in [0.1, 0.15) is 17.1 Å². The van der Waals surface area contributed by atoms with Crippen LogP contribution in [0.25, 0.3) is 0 Å². The van der Waals surface area contributed by atoms with Crippen molar-refractivity contribution in [1.29, 1.82) is 0 Å². The van der Waals surface area contributed by atoms with Gasteiger partial charge in [0.2, 0.25) is 0 Å². The Morgan fingerprint density at radius 1 is 1.33 bits per heavy atom. The largest absolute Gasteiger partial charge is 0.508 e. The van der Waals surface area contributed by atoms with Crippen molar-refractivity contribution in [3.8, 4) is 11.5 Å². The first-order valence-corrected chi connectivity index (χ1v) is 6.52. The van der Waals surface area contributed by atoms with Crippen molar-refractivity contribution in [1.82, 2.24) is 0 Å². The van der Waals surface area contributed by atoms with E-state index in [0.29, 0.717) is 6.54 Å². The van der Waals surface area contributed by atoms with E-state index in [1.807, 2.05) is 0 Å². The van der Waals surface area contributed by atoms with Gasteiger partial charge in [-0.3, -0.25) is 0 Å². The van der Waals surface area contributed by atoms with Crippen LogP contribution in [0.15, 0.2) is 18.2 Å². The molecule has 18 heavy (non-hydrogen) atoms. The minimum Gasteiger partial charge on any atom is -0.508 e. The molecule has 0 unspecified atom stereocenters. The molecule has 2 rings (SSSR count). The number of phenolic OH excluding ortho intramolecular Hbond substituents is 1. The summed E-state index contributed by atoms with van der Waals surface area (Å²) in [6.45, 7) is 5.63. The van der Waals surface area contributed by atoms with Gasteiger partial charge in [-0.2, -0.15) is 0 Å². The van der Waals surface area contributed by atoms with Crippen LogP contribution < -0.4 is 9.64 Å². The highest BCUT2D eigenvalue weighted by Gasteiger charge is 2.36. The van der Waals surface area contributed by atoms with Gasteiger partial charge in [0.15, 0.2) is 0 Å². The van der Waals surface area contributed by atoms with Crippen LogP contribution >= 0.6 is 0 Å². The number of hydrogen-bond acceptors (Lipinski definition) is 4. The predicted molar refractivity (Wildman–Crippen MR) is 71.3 cm³/mol. The van der Waals surface area contributed by atoms with Crippen molar-refractivity contribution < 1.29 is 14.9 Å². The topological polar surface area (TPSA) is 52.9 Å². The average molecular weight is 251 g/mol. The van der Waals surface area contributed by atoms with Crippen LogP contribution in [0.1, 0.15) is 26.7 Å². The summed E-state index contributed by atoms with van der Waals surface area (Å²) < 4.78 is 6.12. The third kappa shape index (κ3) is 2.25. The van der Waals surface area contributed by atoms with Crippen molar-refractivity contribution in [2.45, 2.75) is 32.3 Å². The van der Waals surface area contributed by atoms with Gasteiger partial charge >= 0.3 is 0 Å². The normalized spacial score (nSPS) is 17.2. The maximum absolute atomic E-state index is 9.57. The first-order valence-electron chi connectivity index (χ1n) is 6.52. The van der Waals surface area contributed by atoms with E-state index in [4.69, 9.17) is 4.74 Å². The molecule has 0 bridgehead atoms. The van der Waals surface area contributed by atoms with Gasteiger partial charge in [-0.15, -0.1) is 0 Å². The van der Waals surface area contributed by atoms with Gasteiger partial charge in [-0.25, -0.2) is 0 Å². The molecule has 0 saturated heterocycles. The number of anilines is 1. The Morgan fingerprint density at radius 2 is 2.06 bits per heavy atom. The number of β-amino-alcohol motifs (C(OH)–C–C–N with tert-alkyl or cyclic N) is 1. The highest BCUT2D eigenvalue weighted by molar-refractivity contribution is 5.63. The lowest BCUT2D eigenvalue weighted by molar-refractivity contribution is 0.0563. The van der Waals surface area contributed by atoms with Crippen LogP contribution in [0.3, 0.4) is 0 Å². The Morgan fingerprint density at radius 3 is 2.67 bits per heavy atom. The van der Waals surface area contributed by atoms with Gasteiger partial charge in [0.25, 0.3) is 0 Å². The van der Waals surface area contributed by atoms with Gasteiger partial charge in [-0.05, 0) is 25.0 Å². The molecule has 0 aliphatic carbocycles. The SMILES string of the molecule is CCC1(CC)CN(CCO)c2cc(O)ccc2O1. The van der Waals surface area contributed by atoms with E-state index in [0.717, 1.165) is 30.8 Å². The Bertz CT molecular complexity index is 416. The second-order valence-electron chi connectivity index (χ2n) is 4.79. The quantitative estimate of drug-likeness (QED) is 0.861. The summed E-state index contributed by atoms with van der Waals surface area (Å²) in [5.74, 6) is 1.01. The Balaban J connectivity index is 2.39. The number of aliphatic hydroxyl groups excluding tert-OH is 1. The molecule has 0 fully saturated rings. The molecule has 1 aromatic rings. The molecule has 1 heterocycles. The third-order valence-corrected chi connectivity index (χ3v) is 3.75. The lowest BCUT2D eigenvalue weighted by Crippen LogP contribution is -2.51. The first kappa shape index (κ1) is 13.0. The fourth-order valence-electron chi connectivity index (χ4n) is 2.48. The number of fused-ring (bicyclic) bond motifs is 1. The predicted octanol–water partition coefficient (Wildman–Crippen LogP) is 2.14. The van der Waals surface area contributed by atoms with Crippen molar-refractivity contribution >= 4 is 5.69 Å². The van der Waals surface area contributed by atoms with E-state index in [1.165, 1.54) is 0 Å². The zero-order valence-electron chi connectivity index (χ0n) is 11.0. The first-order chi connectivity index (χ1) is 8.64. The van der Waals surface area contributed by atoms with Crippen LogP contribution in [0, 0.1) is 0 Å². The van der Waals surface area contributed by atoms with Gasteiger partial charge in [-0.1, -0.05) is 13.8 Å². The Hall–Kier alpha value is -1.42. The number of rotatable bonds is 4. The van der Waals surface area contributed by atoms with Crippen molar-refractivity contribution in [3.05, 3.63) is 18.2 Å². The fourth-order valence-corrected chi connectivity index (χ4v) is 2.48. The molecule has 1 aromatic carbocycles. The van der Waals surface area contributed by atoms with Gasteiger partial charge in [0, 0.05) is 12.6 Å². The van der Waals surface area contributed by atoms with E-state index >= 15 is 0 Å². The van der Waals surface area contributed by atoms with Gasteiger partial charge < -0.3 is 19.8 Å². The van der Waals surface area contributed by atoms with Crippen molar-refractivity contribution in [2.24, 2.45) is 0 Å². The number of ether oxygens (including phenoxy) is 1. The standard InChI is InChI=1S/C14H21NO3/c1-3-14(4-2)10-15(7-8-16)12-9-11(17)5-6-13(12)18-14/h5-6,9,16-17H,3-4,7-8,10H2,1-2H3. The van der Waals surface area contributed by atoms with E-state index in [9.17, 15) is 10.2 Å². The van der Waals surface area contributed by atoms with Crippen molar-refractivity contribution in [2.75, 3.05) is 24.6 Å². The monoisotopic (exact) mass is 251 g/mol. The maximum Gasteiger partial charge on any atom is 0.143 e. The molecule has 4 heteroatoms. The number of aromatic hydroxyl groups is 1. The number of hydrogen-bond donors (Lipinski definition) is 2. The highest BCUT2D eigenvalue weighted by Crippen LogP contribution is 2.41. The average Bonchev–Trinajstić information content (AvgIpc) is 2.39. The lowest BCUT2D eigenvalue weighted by Gasteiger charge is -2.44. The highest BCUT2D eigenvalue weighted by atomic mass is 16.5. The molecule has 2 N–H and O–H groups in total. The molecule has 0 radical (unpaired) electrons. The van der Waals surface area contributed by atoms with Crippen LogP contribution in [0.4, 0.5) is 5.69 Å². The van der Waals surface area contributed by atoms with Crippen LogP contribution in [-0.2, 0) is 0 Å². The molecule has 100 valence electrons. The second-order valence-corrected chi connectivity index (χ2v) is 4.79. The molecule has 0 aromatic heterocycles. The maximum atomic E-state index is 9.57.